The van der Waals surface area contributed by atoms with Crippen molar-refractivity contribution in [1.29, 1.82) is 0 Å². The predicted octanol–water partition coefficient (Wildman–Crippen LogP) is 2.89. The molecule has 0 atom stereocenters. The molecule has 0 saturated heterocycles. The monoisotopic (exact) mass is 344 g/mol. The highest BCUT2D eigenvalue weighted by molar-refractivity contribution is 6.30. The van der Waals surface area contributed by atoms with Crippen LogP contribution in [0.5, 0.6) is 0 Å². The first-order valence-electron chi connectivity index (χ1n) is 8.18. The summed E-state index contributed by atoms with van der Waals surface area (Å²) in [5, 5.41) is 9.52. The third kappa shape index (κ3) is 2.80. The minimum atomic E-state index is 0.0221. The van der Waals surface area contributed by atoms with Crippen LogP contribution in [0.4, 0.5) is 0 Å². The van der Waals surface area contributed by atoms with Crippen LogP contribution in [-0.2, 0) is 25.0 Å². The molecule has 3 aromatic rings. The molecule has 0 bridgehead atoms. The molecular formula is C17H21ClN6. The quantitative estimate of drug-likeness (QED) is 0.717. The van der Waals surface area contributed by atoms with Gasteiger partial charge in [0.15, 0.2) is 0 Å². The highest BCUT2D eigenvalue weighted by Gasteiger charge is 2.27. The van der Waals surface area contributed by atoms with Crippen molar-refractivity contribution in [3.05, 3.63) is 46.9 Å². The SMILES string of the molecule is CC(C)(C)c1nnc2n1CCN(Cc1cn3cc(Cl)ccc3n1)C2. The molecule has 0 saturated carbocycles. The highest BCUT2D eigenvalue weighted by atomic mass is 35.5. The Morgan fingerprint density at radius 2 is 1.96 bits per heavy atom. The zero-order chi connectivity index (χ0) is 16.9. The minimum Gasteiger partial charge on any atom is -0.312 e. The van der Waals surface area contributed by atoms with Crippen LogP contribution in [0.15, 0.2) is 24.5 Å². The van der Waals surface area contributed by atoms with Gasteiger partial charge in [-0.1, -0.05) is 32.4 Å². The van der Waals surface area contributed by atoms with E-state index in [1.807, 2.05) is 28.9 Å². The molecule has 0 amide bonds. The zero-order valence-electron chi connectivity index (χ0n) is 14.2. The Morgan fingerprint density at radius 3 is 2.75 bits per heavy atom. The Morgan fingerprint density at radius 1 is 1.12 bits per heavy atom. The average molecular weight is 345 g/mol. The van der Waals surface area contributed by atoms with Crippen LogP contribution in [-0.4, -0.2) is 35.6 Å². The molecule has 0 unspecified atom stereocenters. The molecule has 0 radical (unpaired) electrons. The van der Waals surface area contributed by atoms with Gasteiger partial charge in [-0.05, 0) is 12.1 Å². The maximum Gasteiger partial charge on any atom is 0.147 e. The van der Waals surface area contributed by atoms with Crippen molar-refractivity contribution in [2.75, 3.05) is 6.54 Å². The second kappa shape index (κ2) is 5.57. The van der Waals surface area contributed by atoms with E-state index in [2.05, 4.69) is 45.4 Å². The van der Waals surface area contributed by atoms with Crippen LogP contribution in [0.3, 0.4) is 0 Å². The lowest BCUT2D eigenvalue weighted by Crippen LogP contribution is -2.35. The average Bonchev–Trinajstić information content (AvgIpc) is 3.09. The lowest BCUT2D eigenvalue weighted by atomic mass is 9.95. The van der Waals surface area contributed by atoms with E-state index in [1.54, 1.807) is 0 Å². The summed E-state index contributed by atoms with van der Waals surface area (Å²) in [7, 11) is 0. The minimum absolute atomic E-state index is 0.0221. The van der Waals surface area contributed by atoms with Gasteiger partial charge in [0.05, 0.1) is 17.3 Å². The van der Waals surface area contributed by atoms with Gasteiger partial charge in [-0.15, -0.1) is 10.2 Å². The van der Waals surface area contributed by atoms with Crippen molar-refractivity contribution in [2.24, 2.45) is 0 Å². The van der Waals surface area contributed by atoms with Gasteiger partial charge in [-0.25, -0.2) is 4.98 Å². The van der Waals surface area contributed by atoms with Crippen LogP contribution < -0.4 is 0 Å². The normalized spacial score (nSPS) is 15.8. The summed E-state index contributed by atoms with van der Waals surface area (Å²) in [4.78, 5) is 7.03. The highest BCUT2D eigenvalue weighted by Crippen LogP contribution is 2.24. The van der Waals surface area contributed by atoms with E-state index in [1.165, 1.54) is 0 Å². The van der Waals surface area contributed by atoms with Gasteiger partial charge in [0, 0.05) is 37.4 Å². The van der Waals surface area contributed by atoms with Crippen LogP contribution in [0.2, 0.25) is 5.02 Å². The van der Waals surface area contributed by atoms with Gasteiger partial charge in [0.25, 0.3) is 0 Å². The third-order valence-corrected chi connectivity index (χ3v) is 4.58. The van der Waals surface area contributed by atoms with E-state index in [-0.39, 0.29) is 5.41 Å². The van der Waals surface area contributed by atoms with E-state index in [4.69, 9.17) is 11.6 Å². The number of nitrogens with zero attached hydrogens (tertiary/aromatic N) is 6. The summed E-state index contributed by atoms with van der Waals surface area (Å²) in [6.07, 6.45) is 3.93. The molecule has 6 nitrogen and oxygen atoms in total. The van der Waals surface area contributed by atoms with Gasteiger partial charge in [-0.3, -0.25) is 4.90 Å². The number of pyridine rings is 1. The summed E-state index contributed by atoms with van der Waals surface area (Å²) >= 11 is 6.04. The first-order chi connectivity index (χ1) is 11.4. The molecule has 0 N–H and O–H groups in total. The fourth-order valence-corrected chi connectivity index (χ4v) is 3.39. The number of imidazole rings is 1. The van der Waals surface area contributed by atoms with Crippen molar-refractivity contribution < 1.29 is 0 Å². The topological polar surface area (TPSA) is 51.2 Å². The molecule has 1 aliphatic rings. The first-order valence-corrected chi connectivity index (χ1v) is 8.56. The standard InChI is InChI=1S/C17H21ClN6/c1-17(2,3)16-21-20-15-11-22(6-7-24(15)16)9-13-10-23-8-12(18)4-5-14(23)19-13/h4-5,8,10H,6-7,9,11H2,1-3H3. The van der Waals surface area contributed by atoms with E-state index in [9.17, 15) is 0 Å². The Hall–Kier alpha value is -1.92. The molecule has 4 heterocycles. The molecule has 7 heteroatoms. The molecule has 0 aromatic carbocycles. The number of hydrogen-bond acceptors (Lipinski definition) is 4. The van der Waals surface area contributed by atoms with Crippen LogP contribution >= 0.6 is 11.6 Å². The Labute approximate surface area is 146 Å². The molecule has 1 aliphatic heterocycles. The summed E-state index contributed by atoms with van der Waals surface area (Å²) in [6.45, 7) is 10.0. The lowest BCUT2D eigenvalue weighted by molar-refractivity contribution is 0.203. The second-order valence-corrected chi connectivity index (χ2v) is 7.83. The molecule has 4 rings (SSSR count). The van der Waals surface area contributed by atoms with Gasteiger partial charge in [0.1, 0.15) is 17.3 Å². The molecule has 0 aliphatic carbocycles. The van der Waals surface area contributed by atoms with Crippen molar-refractivity contribution in [3.63, 3.8) is 0 Å². The van der Waals surface area contributed by atoms with Gasteiger partial charge < -0.3 is 8.97 Å². The van der Waals surface area contributed by atoms with Gasteiger partial charge >= 0.3 is 0 Å². The Kier molecular flexibility index (Phi) is 3.62. The van der Waals surface area contributed by atoms with E-state index >= 15 is 0 Å². The fraction of sp³-hybridized carbons (Fsp3) is 0.471. The molecule has 24 heavy (non-hydrogen) atoms. The summed E-state index contributed by atoms with van der Waals surface area (Å²) in [5.41, 5.74) is 1.99. The summed E-state index contributed by atoms with van der Waals surface area (Å²) < 4.78 is 4.24. The van der Waals surface area contributed by atoms with Gasteiger partial charge in [-0.2, -0.15) is 0 Å². The second-order valence-electron chi connectivity index (χ2n) is 7.40. The number of rotatable bonds is 2. The first kappa shape index (κ1) is 15.6. The Balaban J connectivity index is 1.53. The molecule has 3 aromatic heterocycles. The number of halogens is 1. The summed E-state index contributed by atoms with van der Waals surface area (Å²) in [5.74, 6) is 2.11. The molecular weight excluding hydrogens is 324 g/mol. The number of fused-ring (bicyclic) bond motifs is 2. The van der Waals surface area contributed by atoms with Gasteiger partial charge in [0.2, 0.25) is 0 Å². The maximum atomic E-state index is 6.04. The molecule has 126 valence electrons. The van der Waals surface area contributed by atoms with E-state index in [0.717, 1.165) is 49.2 Å². The largest absolute Gasteiger partial charge is 0.312 e. The number of aromatic nitrogens is 5. The van der Waals surface area contributed by atoms with Crippen molar-refractivity contribution >= 4 is 17.2 Å². The van der Waals surface area contributed by atoms with Crippen molar-refractivity contribution in [2.45, 2.75) is 45.8 Å². The smallest absolute Gasteiger partial charge is 0.147 e. The van der Waals surface area contributed by atoms with Crippen molar-refractivity contribution in [1.82, 2.24) is 29.0 Å². The van der Waals surface area contributed by atoms with E-state index < -0.39 is 0 Å². The third-order valence-electron chi connectivity index (χ3n) is 4.35. The zero-order valence-corrected chi connectivity index (χ0v) is 15.0. The maximum absolute atomic E-state index is 6.04. The Bertz CT molecular complexity index is 888. The van der Waals surface area contributed by atoms with E-state index in [0.29, 0.717) is 5.02 Å². The lowest BCUT2D eigenvalue weighted by Gasteiger charge is -2.29. The summed E-state index contributed by atoms with van der Waals surface area (Å²) in [6, 6.07) is 3.80. The van der Waals surface area contributed by atoms with Crippen LogP contribution in [0, 0.1) is 0 Å². The molecule has 0 spiro atoms. The van der Waals surface area contributed by atoms with Crippen LogP contribution in [0.1, 0.15) is 38.1 Å². The fourth-order valence-electron chi connectivity index (χ4n) is 3.22. The van der Waals surface area contributed by atoms with Crippen molar-refractivity contribution in [3.8, 4) is 0 Å². The predicted molar refractivity (Wildman–Crippen MR) is 93.0 cm³/mol. The molecule has 0 fully saturated rings. The number of hydrogen-bond donors (Lipinski definition) is 0. The van der Waals surface area contributed by atoms with Crippen LogP contribution in [0.25, 0.3) is 5.65 Å².